The minimum absolute atomic E-state index is 0.245. The van der Waals surface area contributed by atoms with Crippen LogP contribution in [0.3, 0.4) is 0 Å². The molecule has 4 nitrogen and oxygen atoms in total. The number of hydrogen-bond donors (Lipinski definition) is 1. The molecule has 2 N–H and O–H groups in total. The molecular weight excluding hydrogens is 212 g/mol. The van der Waals surface area contributed by atoms with Gasteiger partial charge in [0, 0.05) is 5.69 Å². The number of ether oxygens (including phenoxy) is 1. The highest BCUT2D eigenvalue weighted by molar-refractivity contribution is 8.00. The van der Waals surface area contributed by atoms with E-state index < -0.39 is 0 Å². The molecule has 0 unspecified atom stereocenters. The molecule has 0 radical (unpaired) electrons. The van der Waals surface area contributed by atoms with Crippen molar-refractivity contribution in [2.24, 2.45) is 0 Å². The maximum absolute atomic E-state index is 11.1. The molecule has 5 heteroatoms. The van der Waals surface area contributed by atoms with Crippen LogP contribution in [0.25, 0.3) is 0 Å². The number of nitrogens with two attached hydrogens (primary N) is 1. The fraction of sp³-hybridized carbons (Fsp3) is 0.400. The number of pyridine rings is 1. The molecule has 0 aliphatic carbocycles. The van der Waals surface area contributed by atoms with Crippen molar-refractivity contribution in [3.8, 4) is 0 Å². The summed E-state index contributed by atoms with van der Waals surface area (Å²) in [6.45, 7) is 4.06. The lowest BCUT2D eigenvalue weighted by atomic mass is 10.3. The Morgan fingerprint density at radius 3 is 3.00 bits per heavy atom. The number of anilines is 1. The Bertz CT molecular complexity index is 355. The zero-order valence-electron chi connectivity index (χ0n) is 8.82. The molecule has 0 aliphatic rings. The Morgan fingerprint density at radius 2 is 2.33 bits per heavy atom. The number of nitrogens with zero attached hydrogens (tertiary/aromatic N) is 1. The number of carbonyl (C=O) groups is 1. The van der Waals surface area contributed by atoms with Crippen LogP contribution in [0.5, 0.6) is 0 Å². The summed E-state index contributed by atoms with van der Waals surface area (Å²) in [5.74, 6) is -0.000642. The number of rotatable bonds is 4. The van der Waals surface area contributed by atoms with Crippen LogP contribution in [0.1, 0.15) is 12.6 Å². The molecule has 82 valence electrons. The van der Waals surface area contributed by atoms with Crippen LogP contribution in [0, 0.1) is 6.92 Å². The van der Waals surface area contributed by atoms with Crippen molar-refractivity contribution < 1.29 is 9.53 Å². The minimum Gasteiger partial charge on any atom is -0.465 e. The molecule has 0 aliphatic heterocycles. The molecule has 1 aromatic rings. The van der Waals surface area contributed by atoms with Crippen molar-refractivity contribution in [1.29, 1.82) is 0 Å². The number of esters is 1. The van der Waals surface area contributed by atoms with Crippen molar-refractivity contribution in [1.82, 2.24) is 4.98 Å². The summed E-state index contributed by atoms with van der Waals surface area (Å²) in [4.78, 5) is 15.3. The van der Waals surface area contributed by atoms with Crippen LogP contribution in [0.4, 0.5) is 5.69 Å². The van der Waals surface area contributed by atoms with Gasteiger partial charge < -0.3 is 10.5 Å². The summed E-state index contributed by atoms with van der Waals surface area (Å²) in [5.41, 5.74) is 7.19. The third-order valence-electron chi connectivity index (χ3n) is 1.66. The van der Waals surface area contributed by atoms with Gasteiger partial charge in [-0.3, -0.25) is 4.79 Å². The van der Waals surface area contributed by atoms with Gasteiger partial charge in [-0.1, -0.05) is 11.8 Å². The number of thioether (sulfide) groups is 1. The summed E-state index contributed by atoms with van der Waals surface area (Å²) in [6.07, 6.45) is 0. The number of nitrogen functional groups attached to an aromatic ring is 1. The lowest BCUT2D eigenvalue weighted by Crippen LogP contribution is -2.07. The highest BCUT2D eigenvalue weighted by Gasteiger charge is 2.07. The molecule has 1 rings (SSSR count). The van der Waals surface area contributed by atoms with Crippen LogP contribution in [0.2, 0.25) is 0 Å². The van der Waals surface area contributed by atoms with E-state index in [4.69, 9.17) is 10.5 Å². The SMILES string of the molecule is CCOC(=O)CSc1nc(C)ccc1N. The van der Waals surface area contributed by atoms with E-state index >= 15 is 0 Å². The zero-order chi connectivity index (χ0) is 11.3. The Kier molecular flexibility index (Phi) is 4.42. The second-order valence-electron chi connectivity index (χ2n) is 2.94. The summed E-state index contributed by atoms with van der Waals surface area (Å²) < 4.78 is 4.81. The van der Waals surface area contributed by atoms with Crippen LogP contribution in [-0.2, 0) is 9.53 Å². The van der Waals surface area contributed by atoms with E-state index in [1.807, 2.05) is 13.0 Å². The van der Waals surface area contributed by atoms with Gasteiger partial charge in [-0.2, -0.15) is 0 Å². The average Bonchev–Trinajstić information content (AvgIpc) is 2.20. The highest BCUT2D eigenvalue weighted by atomic mass is 32.2. The first-order chi connectivity index (χ1) is 7.13. The lowest BCUT2D eigenvalue weighted by molar-refractivity contribution is -0.139. The fourth-order valence-corrected chi connectivity index (χ4v) is 1.77. The Hall–Kier alpha value is -1.23. The van der Waals surface area contributed by atoms with Crippen molar-refractivity contribution >= 4 is 23.4 Å². The monoisotopic (exact) mass is 226 g/mol. The van der Waals surface area contributed by atoms with E-state index in [-0.39, 0.29) is 11.7 Å². The normalized spacial score (nSPS) is 10.0. The van der Waals surface area contributed by atoms with E-state index in [1.165, 1.54) is 11.8 Å². The predicted octanol–water partition coefficient (Wildman–Crippen LogP) is 1.63. The second kappa shape index (κ2) is 5.60. The van der Waals surface area contributed by atoms with Gasteiger partial charge in [-0.25, -0.2) is 4.98 Å². The number of aryl methyl sites for hydroxylation is 1. The highest BCUT2D eigenvalue weighted by Crippen LogP contribution is 2.22. The molecule has 15 heavy (non-hydrogen) atoms. The molecular formula is C10H14N2O2S. The van der Waals surface area contributed by atoms with Gasteiger partial charge in [0.1, 0.15) is 5.03 Å². The van der Waals surface area contributed by atoms with Crippen LogP contribution in [0.15, 0.2) is 17.2 Å². The molecule has 0 aromatic carbocycles. The van der Waals surface area contributed by atoms with Gasteiger partial charge in [0.2, 0.25) is 0 Å². The quantitative estimate of drug-likeness (QED) is 0.624. The standard InChI is InChI=1S/C10H14N2O2S/c1-3-14-9(13)6-15-10-8(11)5-4-7(2)12-10/h4-5H,3,6,11H2,1-2H3. The van der Waals surface area contributed by atoms with Gasteiger partial charge in [-0.15, -0.1) is 0 Å². The molecule has 0 amide bonds. The summed E-state index contributed by atoms with van der Waals surface area (Å²) in [7, 11) is 0. The first-order valence-electron chi connectivity index (χ1n) is 4.65. The molecule has 0 bridgehead atoms. The first-order valence-corrected chi connectivity index (χ1v) is 5.63. The van der Waals surface area contributed by atoms with Gasteiger partial charge >= 0.3 is 5.97 Å². The molecule has 0 spiro atoms. The van der Waals surface area contributed by atoms with Gasteiger partial charge in [0.25, 0.3) is 0 Å². The third kappa shape index (κ3) is 3.79. The lowest BCUT2D eigenvalue weighted by Gasteiger charge is -2.05. The summed E-state index contributed by atoms with van der Waals surface area (Å²) >= 11 is 1.30. The number of aromatic nitrogens is 1. The summed E-state index contributed by atoms with van der Waals surface area (Å²) in [5, 5.41) is 0.683. The Morgan fingerprint density at radius 1 is 1.60 bits per heavy atom. The van der Waals surface area contributed by atoms with E-state index in [2.05, 4.69) is 4.98 Å². The van der Waals surface area contributed by atoms with Gasteiger partial charge in [0.05, 0.1) is 18.0 Å². The van der Waals surface area contributed by atoms with E-state index in [9.17, 15) is 4.79 Å². The number of carbonyl (C=O) groups excluding carboxylic acids is 1. The molecule has 0 saturated carbocycles. The molecule has 0 atom stereocenters. The zero-order valence-corrected chi connectivity index (χ0v) is 9.63. The van der Waals surface area contributed by atoms with Gasteiger partial charge in [-0.05, 0) is 26.0 Å². The van der Waals surface area contributed by atoms with E-state index in [1.54, 1.807) is 13.0 Å². The number of hydrogen-bond acceptors (Lipinski definition) is 5. The van der Waals surface area contributed by atoms with Crippen LogP contribution >= 0.6 is 11.8 Å². The molecule has 0 saturated heterocycles. The predicted molar refractivity (Wildman–Crippen MR) is 60.7 cm³/mol. The molecule has 1 heterocycles. The third-order valence-corrected chi connectivity index (χ3v) is 2.64. The smallest absolute Gasteiger partial charge is 0.316 e. The largest absolute Gasteiger partial charge is 0.465 e. The van der Waals surface area contributed by atoms with Crippen molar-refractivity contribution in [3.05, 3.63) is 17.8 Å². The Balaban J connectivity index is 2.57. The van der Waals surface area contributed by atoms with Crippen LogP contribution in [-0.4, -0.2) is 23.3 Å². The van der Waals surface area contributed by atoms with Crippen molar-refractivity contribution in [2.75, 3.05) is 18.1 Å². The van der Waals surface area contributed by atoms with Gasteiger partial charge in [0.15, 0.2) is 0 Å². The maximum Gasteiger partial charge on any atom is 0.316 e. The maximum atomic E-state index is 11.1. The minimum atomic E-state index is -0.245. The Labute approximate surface area is 93.2 Å². The van der Waals surface area contributed by atoms with Crippen molar-refractivity contribution in [3.63, 3.8) is 0 Å². The van der Waals surface area contributed by atoms with E-state index in [0.717, 1.165) is 5.69 Å². The fourth-order valence-electron chi connectivity index (χ4n) is 0.989. The average molecular weight is 226 g/mol. The second-order valence-corrected chi connectivity index (χ2v) is 3.90. The van der Waals surface area contributed by atoms with Crippen LogP contribution < -0.4 is 5.73 Å². The topological polar surface area (TPSA) is 65.2 Å². The first kappa shape index (κ1) is 11.8. The molecule has 1 aromatic heterocycles. The van der Waals surface area contributed by atoms with E-state index in [0.29, 0.717) is 17.3 Å². The molecule has 0 fully saturated rings. The van der Waals surface area contributed by atoms with Crippen molar-refractivity contribution in [2.45, 2.75) is 18.9 Å². The summed E-state index contributed by atoms with van der Waals surface area (Å²) in [6, 6.07) is 3.62.